The fraction of sp³-hybridized carbons (Fsp3) is 0.294. The van der Waals surface area contributed by atoms with E-state index in [1.165, 1.54) is 0 Å². The van der Waals surface area contributed by atoms with E-state index < -0.39 is 12.2 Å². The molecular weight excluding hydrogens is 268 g/mol. The highest BCUT2D eigenvalue weighted by Gasteiger charge is 2.13. The molecule has 2 rings (SSSR count). The SMILES string of the molecule is COc1ccc([C@H](C)O)c(OCC(O)c2ccccc2)c1. The Morgan fingerprint density at radius 1 is 1.05 bits per heavy atom. The van der Waals surface area contributed by atoms with Crippen molar-refractivity contribution < 1.29 is 19.7 Å². The normalized spacial score (nSPS) is 13.5. The monoisotopic (exact) mass is 288 g/mol. The van der Waals surface area contributed by atoms with E-state index in [2.05, 4.69) is 0 Å². The van der Waals surface area contributed by atoms with E-state index in [1.54, 1.807) is 32.2 Å². The zero-order valence-corrected chi connectivity index (χ0v) is 12.2. The summed E-state index contributed by atoms with van der Waals surface area (Å²) in [6, 6.07) is 14.5. The zero-order valence-electron chi connectivity index (χ0n) is 12.2. The highest BCUT2D eigenvalue weighted by atomic mass is 16.5. The van der Waals surface area contributed by atoms with Crippen molar-refractivity contribution in [1.29, 1.82) is 0 Å². The van der Waals surface area contributed by atoms with Gasteiger partial charge in [0.15, 0.2) is 0 Å². The van der Waals surface area contributed by atoms with Gasteiger partial charge in [0, 0.05) is 11.6 Å². The van der Waals surface area contributed by atoms with E-state index in [1.807, 2.05) is 30.3 Å². The van der Waals surface area contributed by atoms with Crippen LogP contribution in [0.3, 0.4) is 0 Å². The Balaban J connectivity index is 2.11. The predicted octanol–water partition coefficient (Wildman–Crippen LogP) is 2.86. The molecule has 2 N–H and O–H groups in total. The second-order valence-corrected chi connectivity index (χ2v) is 4.82. The summed E-state index contributed by atoms with van der Waals surface area (Å²) in [6.45, 7) is 1.78. The van der Waals surface area contributed by atoms with Crippen LogP contribution in [0.4, 0.5) is 0 Å². The van der Waals surface area contributed by atoms with Crippen LogP contribution in [-0.2, 0) is 0 Å². The van der Waals surface area contributed by atoms with Gasteiger partial charge in [0.25, 0.3) is 0 Å². The van der Waals surface area contributed by atoms with Gasteiger partial charge in [-0.25, -0.2) is 0 Å². The van der Waals surface area contributed by atoms with Crippen LogP contribution in [0.2, 0.25) is 0 Å². The van der Waals surface area contributed by atoms with E-state index in [4.69, 9.17) is 9.47 Å². The van der Waals surface area contributed by atoms with Gasteiger partial charge in [0.1, 0.15) is 24.2 Å². The molecule has 112 valence electrons. The fourth-order valence-corrected chi connectivity index (χ4v) is 2.05. The van der Waals surface area contributed by atoms with Crippen molar-refractivity contribution in [3.8, 4) is 11.5 Å². The number of ether oxygens (including phenoxy) is 2. The molecule has 0 fully saturated rings. The van der Waals surface area contributed by atoms with Crippen molar-refractivity contribution in [1.82, 2.24) is 0 Å². The zero-order chi connectivity index (χ0) is 15.2. The summed E-state index contributed by atoms with van der Waals surface area (Å²) in [5.41, 5.74) is 1.45. The maximum absolute atomic E-state index is 10.1. The molecule has 0 radical (unpaired) electrons. The average molecular weight is 288 g/mol. The molecule has 21 heavy (non-hydrogen) atoms. The molecule has 1 unspecified atom stereocenters. The first-order valence-electron chi connectivity index (χ1n) is 6.83. The van der Waals surface area contributed by atoms with Crippen molar-refractivity contribution in [3.63, 3.8) is 0 Å². The molecule has 0 aliphatic heterocycles. The first kappa shape index (κ1) is 15.4. The summed E-state index contributed by atoms with van der Waals surface area (Å²) in [7, 11) is 1.57. The molecule has 0 heterocycles. The van der Waals surface area contributed by atoms with Crippen molar-refractivity contribution in [2.75, 3.05) is 13.7 Å². The number of methoxy groups -OCH3 is 1. The van der Waals surface area contributed by atoms with Crippen LogP contribution in [0.15, 0.2) is 48.5 Å². The average Bonchev–Trinajstić information content (AvgIpc) is 2.52. The van der Waals surface area contributed by atoms with Gasteiger partial charge in [0.05, 0.1) is 13.2 Å². The van der Waals surface area contributed by atoms with Crippen molar-refractivity contribution in [2.45, 2.75) is 19.1 Å². The van der Waals surface area contributed by atoms with E-state index in [0.29, 0.717) is 17.1 Å². The maximum atomic E-state index is 10.1. The first-order valence-corrected chi connectivity index (χ1v) is 6.83. The molecule has 0 aliphatic rings. The molecule has 0 spiro atoms. The molecule has 0 bridgehead atoms. The van der Waals surface area contributed by atoms with Crippen molar-refractivity contribution in [2.24, 2.45) is 0 Å². The van der Waals surface area contributed by atoms with Gasteiger partial charge < -0.3 is 19.7 Å². The predicted molar refractivity (Wildman–Crippen MR) is 80.5 cm³/mol. The number of aliphatic hydroxyl groups excluding tert-OH is 2. The Labute approximate surface area is 124 Å². The Morgan fingerprint density at radius 2 is 1.76 bits per heavy atom. The topological polar surface area (TPSA) is 58.9 Å². The van der Waals surface area contributed by atoms with Crippen LogP contribution in [-0.4, -0.2) is 23.9 Å². The van der Waals surface area contributed by atoms with Crippen molar-refractivity contribution in [3.05, 3.63) is 59.7 Å². The summed E-state index contributed by atoms with van der Waals surface area (Å²) in [5.74, 6) is 1.16. The third kappa shape index (κ3) is 3.97. The molecule has 2 aromatic rings. The highest BCUT2D eigenvalue weighted by Crippen LogP contribution is 2.30. The fourth-order valence-electron chi connectivity index (χ4n) is 2.05. The van der Waals surface area contributed by atoms with E-state index >= 15 is 0 Å². The van der Waals surface area contributed by atoms with Gasteiger partial charge >= 0.3 is 0 Å². The Bertz CT molecular complexity index is 566. The van der Waals surface area contributed by atoms with Crippen LogP contribution in [0.25, 0.3) is 0 Å². The molecule has 2 aromatic carbocycles. The highest BCUT2D eigenvalue weighted by molar-refractivity contribution is 5.41. The van der Waals surface area contributed by atoms with Crippen LogP contribution in [0.1, 0.15) is 30.3 Å². The molecule has 0 saturated heterocycles. The third-order valence-electron chi connectivity index (χ3n) is 3.25. The number of benzene rings is 2. The Kier molecular flexibility index (Phi) is 5.20. The summed E-state index contributed by atoms with van der Waals surface area (Å²) in [4.78, 5) is 0. The standard InChI is InChI=1S/C17H20O4/c1-12(18)15-9-8-14(20-2)10-17(15)21-11-16(19)13-6-4-3-5-7-13/h3-10,12,16,18-19H,11H2,1-2H3/t12-,16?/m0/s1. The molecule has 4 heteroatoms. The third-order valence-corrected chi connectivity index (χ3v) is 3.25. The lowest BCUT2D eigenvalue weighted by molar-refractivity contribution is 0.104. The second-order valence-electron chi connectivity index (χ2n) is 4.82. The van der Waals surface area contributed by atoms with Gasteiger partial charge in [0.2, 0.25) is 0 Å². The number of aliphatic hydroxyl groups is 2. The molecule has 0 saturated carbocycles. The summed E-state index contributed by atoms with van der Waals surface area (Å²) in [5, 5.41) is 19.9. The lowest BCUT2D eigenvalue weighted by atomic mass is 10.1. The minimum Gasteiger partial charge on any atom is -0.497 e. The number of hydrogen-bond donors (Lipinski definition) is 2. The lowest BCUT2D eigenvalue weighted by Gasteiger charge is -2.17. The minimum absolute atomic E-state index is 0.108. The number of rotatable bonds is 6. The maximum Gasteiger partial charge on any atom is 0.128 e. The van der Waals surface area contributed by atoms with Crippen LogP contribution in [0, 0.1) is 0 Å². The lowest BCUT2D eigenvalue weighted by Crippen LogP contribution is -2.11. The van der Waals surface area contributed by atoms with Gasteiger partial charge in [-0.2, -0.15) is 0 Å². The van der Waals surface area contributed by atoms with Gasteiger partial charge in [-0.15, -0.1) is 0 Å². The molecule has 2 atom stereocenters. The molecular formula is C17H20O4. The van der Waals surface area contributed by atoms with Gasteiger partial charge in [-0.05, 0) is 24.6 Å². The molecule has 4 nitrogen and oxygen atoms in total. The smallest absolute Gasteiger partial charge is 0.128 e. The molecule has 0 aromatic heterocycles. The summed E-state index contributed by atoms with van der Waals surface area (Å²) in [6.07, 6.45) is -1.38. The van der Waals surface area contributed by atoms with E-state index in [9.17, 15) is 10.2 Å². The van der Waals surface area contributed by atoms with Gasteiger partial charge in [-0.3, -0.25) is 0 Å². The summed E-state index contributed by atoms with van der Waals surface area (Å²) < 4.78 is 10.8. The quantitative estimate of drug-likeness (QED) is 0.858. The Hall–Kier alpha value is -2.04. The Morgan fingerprint density at radius 3 is 2.38 bits per heavy atom. The second kappa shape index (κ2) is 7.11. The largest absolute Gasteiger partial charge is 0.497 e. The molecule has 0 aliphatic carbocycles. The number of hydrogen-bond acceptors (Lipinski definition) is 4. The van der Waals surface area contributed by atoms with Gasteiger partial charge in [-0.1, -0.05) is 30.3 Å². The van der Waals surface area contributed by atoms with Crippen LogP contribution in [0.5, 0.6) is 11.5 Å². The van der Waals surface area contributed by atoms with Crippen LogP contribution >= 0.6 is 0 Å². The van der Waals surface area contributed by atoms with E-state index in [0.717, 1.165) is 5.56 Å². The molecule has 0 amide bonds. The minimum atomic E-state index is -0.723. The van der Waals surface area contributed by atoms with Crippen LogP contribution < -0.4 is 9.47 Å². The van der Waals surface area contributed by atoms with E-state index in [-0.39, 0.29) is 6.61 Å². The van der Waals surface area contributed by atoms with Crippen molar-refractivity contribution >= 4 is 0 Å². The summed E-state index contributed by atoms with van der Waals surface area (Å²) >= 11 is 0. The first-order chi connectivity index (χ1) is 10.1.